The lowest BCUT2D eigenvalue weighted by molar-refractivity contribution is -0.150. The molecule has 0 aliphatic rings. The fourth-order valence-corrected chi connectivity index (χ4v) is 3.64. The summed E-state index contributed by atoms with van der Waals surface area (Å²) in [6, 6.07) is 6.82. The molecule has 11 heteroatoms. The number of methoxy groups -OCH3 is 1. The molecule has 2 rings (SSSR count). The molecule has 0 unspecified atom stereocenters. The summed E-state index contributed by atoms with van der Waals surface area (Å²) in [4.78, 5) is 18.0. The van der Waals surface area contributed by atoms with Gasteiger partial charge in [0.25, 0.3) is 0 Å². The molecule has 0 atom stereocenters. The van der Waals surface area contributed by atoms with Crippen LogP contribution in [-0.2, 0) is 15.7 Å². The molecule has 2 aromatic rings. The monoisotopic (exact) mass is 505 g/mol. The van der Waals surface area contributed by atoms with Gasteiger partial charge in [-0.15, -0.1) is 0 Å². The van der Waals surface area contributed by atoms with Crippen LogP contribution >= 0.6 is 11.6 Å². The Balaban J connectivity index is 2.85. The number of carbonyl (C=O) groups excluding carboxylic acids is 1. The molecule has 0 saturated carbocycles. The molecular weight excluding hydrogens is 483 g/mol. The van der Waals surface area contributed by atoms with Gasteiger partial charge in [-0.3, -0.25) is 0 Å². The smallest absolute Gasteiger partial charge is 0.417 e. The topological polar surface area (TPSA) is 116 Å². The second-order valence-corrected chi connectivity index (χ2v) is 8.46. The van der Waals surface area contributed by atoms with Crippen LogP contribution in [0.2, 0.25) is 5.02 Å². The summed E-state index contributed by atoms with van der Waals surface area (Å²) in [6.07, 6.45) is -2.72. The van der Waals surface area contributed by atoms with Gasteiger partial charge in [-0.25, -0.2) is 9.78 Å². The number of nitrogen functional groups attached to an aromatic ring is 1. The zero-order valence-electron chi connectivity index (χ0n) is 19.7. The molecular formula is C24H23ClF3N5O2. The quantitative estimate of drug-likeness (QED) is 0.524. The number of anilines is 1. The van der Waals surface area contributed by atoms with Gasteiger partial charge in [0.05, 0.1) is 29.0 Å². The number of benzene rings is 1. The summed E-state index contributed by atoms with van der Waals surface area (Å²) >= 11 is 5.89. The van der Waals surface area contributed by atoms with E-state index in [4.69, 9.17) is 22.1 Å². The van der Waals surface area contributed by atoms with E-state index in [-0.39, 0.29) is 33.8 Å². The molecule has 0 aliphatic carbocycles. The number of alkyl halides is 3. The fraction of sp³-hybridized carbons (Fsp3) is 0.333. The van der Waals surface area contributed by atoms with Crippen molar-refractivity contribution < 1.29 is 22.7 Å². The maximum absolute atomic E-state index is 13.2. The van der Waals surface area contributed by atoms with Gasteiger partial charge in [-0.2, -0.15) is 23.7 Å². The Labute approximate surface area is 206 Å². The van der Waals surface area contributed by atoms with Gasteiger partial charge in [0, 0.05) is 18.8 Å². The molecule has 7 nitrogen and oxygen atoms in total. The first-order valence-corrected chi connectivity index (χ1v) is 10.6. The Hall–Kier alpha value is -3.76. The number of ether oxygens (including phenoxy) is 1. The van der Waals surface area contributed by atoms with Gasteiger partial charge in [0.2, 0.25) is 0 Å². The summed E-state index contributed by atoms with van der Waals surface area (Å²) in [6.45, 7) is 5.07. The van der Waals surface area contributed by atoms with Crippen molar-refractivity contribution in [1.29, 1.82) is 10.5 Å². The third-order valence-electron chi connectivity index (χ3n) is 5.61. The highest BCUT2D eigenvalue weighted by Crippen LogP contribution is 2.40. The van der Waals surface area contributed by atoms with Crippen molar-refractivity contribution in [3.05, 3.63) is 51.8 Å². The van der Waals surface area contributed by atoms with Gasteiger partial charge in [0.15, 0.2) is 0 Å². The van der Waals surface area contributed by atoms with E-state index in [0.29, 0.717) is 12.0 Å². The normalized spacial score (nSPS) is 12.0. The molecule has 0 bridgehead atoms. The van der Waals surface area contributed by atoms with E-state index >= 15 is 0 Å². The van der Waals surface area contributed by atoms with Crippen molar-refractivity contribution >= 4 is 29.0 Å². The van der Waals surface area contributed by atoms with Crippen LogP contribution in [0.15, 0.2) is 24.4 Å². The first kappa shape index (κ1) is 27.5. The van der Waals surface area contributed by atoms with Crippen LogP contribution in [0.1, 0.15) is 49.6 Å². The fourth-order valence-electron chi connectivity index (χ4n) is 3.36. The number of esters is 1. The molecule has 0 saturated heterocycles. The number of halogens is 4. The van der Waals surface area contributed by atoms with Crippen LogP contribution < -0.4 is 5.73 Å². The lowest BCUT2D eigenvalue weighted by Gasteiger charge is -2.32. The zero-order chi connectivity index (χ0) is 26.7. The van der Waals surface area contributed by atoms with E-state index in [0.717, 1.165) is 18.2 Å². The third kappa shape index (κ3) is 5.33. The molecule has 1 aromatic carbocycles. The van der Waals surface area contributed by atoms with E-state index in [1.54, 1.807) is 38.9 Å². The minimum absolute atomic E-state index is 0.0161. The number of nitrogens with zero attached hydrogens (tertiary/aromatic N) is 4. The lowest BCUT2D eigenvalue weighted by atomic mass is 9.91. The molecule has 0 spiro atoms. The van der Waals surface area contributed by atoms with Crippen LogP contribution in [0.4, 0.5) is 19.0 Å². The van der Waals surface area contributed by atoms with Crippen molar-refractivity contribution in [3.8, 4) is 23.3 Å². The van der Waals surface area contributed by atoms with Gasteiger partial charge in [0.1, 0.15) is 29.1 Å². The summed E-state index contributed by atoms with van der Waals surface area (Å²) < 4.78 is 44.4. The van der Waals surface area contributed by atoms with Crippen LogP contribution in [-0.4, -0.2) is 35.5 Å². The number of nitrogens with two attached hydrogens (primary N) is 1. The highest BCUT2D eigenvalue weighted by molar-refractivity contribution is 6.31. The summed E-state index contributed by atoms with van der Waals surface area (Å²) in [5, 5.41) is 19.1. The van der Waals surface area contributed by atoms with Crippen LogP contribution in [0.3, 0.4) is 0 Å². The van der Waals surface area contributed by atoms with Crippen LogP contribution in [0.25, 0.3) is 16.7 Å². The Morgan fingerprint density at radius 3 is 2.31 bits per heavy atom. The molecule has 1 heterocycles. The standard InChI is InChI=1S/C24H23ClF3N5O2/c1-6-13(12-33(4)23(2,3)22(34)35-5)20-15(10-29)19(16(11-30)21(31)32-20)14-7-8-17(18(25)9-14)24(26,27)28/h7-9,12H,6H2,1-5H3,(H2,31,32). The van der Waals surface area contributed by atoms with Crippen molar-refractivity contribution in [1.82, 2.24) is 9.88 Å². The summed E-state index contributed by atoms with van der Waals surface area (Å²) in [5.41, 5.74) is 4.43. The molecule has 0 radical (unpaired) electrons. The number of likely N-dealkylation sites (N-methyl/N-ethyl adjacent to an activating group) is 1. The molecule has 2 N–H and O–H groups in total. The van der Waals surface area contributed by atoms with Gasteiger partial charge in [-0.1, -0.05) is 24.6 Å². The first-order valence-electron chi connectivity index (χ1n) is 10.3. The lowest BCUT2D eigenvalue weighted by Crippen LogP contribution is -2.46. The van der Waals surface area contributed by atoms with Crippen LogP contribution in [0.5, 0.6) is 0 Å². The number of hydrogen-bond donors (Lipinski definition) is 1. The highest BCUT2D eigenvalue weighted by atomic mass is 35.5. The molecule has 1 aromatic heterocycles. The van der Waals surface area contributed by atoms with Crippen molar-refractivity contribution in [3.63, 3.8) is 0 Å². The average molecular weight is 506 g/mol. The van der Waals surface area contributed by atoms with Gasteiger partial charge in [-0.05, 0) is 43.5 Å². The zero-order valence-corrected chi connectivity index (χ0v) is 20.5. The van der Waals surface area contributed by atoms with E-state index in [1.807, 2.05) is 12.1 Å². The Bertz CT molecular complexity index is 1270. The van der Waals surface area contributed by atoms with Gasteiger partial charge < -0.3 is 15.4 Å². The molecule has 35 heavy (non-hydrogen) atoms. The number of nitriles is 2. The SMILES string of the molecule is CCC(=CN(C)C(C)(C)C(=O)OC)c1nc(N)c(C#N)c(-c2ccc(C(F)(F)F)c(Cl)c2)c1C#N. The third-order valence-corrected chi connectivity index (χ3v) is 5.93. The second kappa shape index (κ2) is 10.2. The molecule has 184 valence electrons. The number of rotatable bonds is 6. The Morgan fingerprint density at radius 1 is 1.26 bits per heavy atom. The maximum atomic E-state index is 13.2. The molecule has 0 amide bonds. The predicted octanol–water partition coefficient (Wildman–Crippen LogP) is 5.38. The van der Waals surface area contributed by atoms with Crippen LogP contribution in [0, 0.1) is 22.7 Å². The van der Waals surface area contributed by atoms with Crippen molar-refractivity contribution in [2.24, 2.45) is 0 Å². The maximum Gasteiger partial charge on any atom is 0.417 e. The first-order chi connectivity index (χ1) is 16.2. The van der Waals surface area contributed by atoms with E-state index in [9.17, 15) is 28.5 Å². The van der Waals surface area contributed by atoms with Crippen molar-refractivity contribution in [2.45, 2.75) is 38.9 Å². The van der Waals surface area contributed by atoms with E-state index in [1.165, 1.54) is 7.11 Å². The van der Waals surface area contributed by atoms with Gasteiger partial charge >= 0.3 is 12.1 Å². The molecule has 0 fully saturated rings. The summed E-state index contributed by atoms with van der Waals surface area (Å²) in [5.74, 6) is -0.707. The number of carbonyl (C=O) groups is 1. The highest BCUT2D eigenvalue weighted by Gasteiger charge is 2.34. The number of pyridine rings is 1. The minimum Gasteiger partial charge on any atom is -0.467 e. The molecule has 0 aliphatic heterocycles. The van der Waals surface area contributed by atoms with E-state index in [2.05, 4.69) is 4.98 Å². The number of aromatic nitrogens is 1. The second-order valence-electron chi connectivity index (χ2n) is 8.06. The Morgan fingerprint density at radius 2 is 1.86 bits per heavy atom. The predicted molar refractivity (Wildman–Crippen MR) is 126 cm³/mol. The minimum atomic E-state index is -4.68. The average Bonchev–Trinajstić information content (AvgIpc) is 2.79. The largest absolute Gasteiger partial charge is 0.467 e. The number of hydrogen-bond acceptors (Lipinski definition) is 7. The van der Waals surface area contributed by atoms with Crippen molar-refractivity contribution in [2.75, 3.05) is 19.9 Å². The number of allylic oxidation sites excluding steroid dienone is 1. The Kier molecular flexibility index (Phi) is 8.04. The van der Waals surface area contributed by atoms with E-state index < -0.39 is 28.3 Å². The summed E-state index contributed by atoms with van der Waals surface area (Å²) in [7, 11) is 2.91.